The maximum atomic E-state index is 13.3. The van der Waals surface area contributed by atoms with Crippen molar-refractivity contribution in [3.8, 4) is 0 Å². The van der Waals surface area contributed by atoms with Gasteiger partial charge in [-0.3, -0.25) is 14.4 Å². The van der Waals surface area contributed by atoms with Gasteiger partial charge in [0.2, 0.25) is 0 Å². The molecule has 1 spiro atoms. The quantitative estimate of drug-likeness (QED) is 0.408. The number of Topliss-reactive ketones (excluding diaryl/α,β-unsaturated/α-hetero) is 1. The Bertz CT molecular complexity index is 1340. The molecule has 0 amide bonds. The fourth-order valence-electron chi connectivity index (χ4n) is 10.5. The van der Waals surface area contributed by atoms with Crippen LogP contribution in [0.1, 0.15) is 105 Å². The maximum Gasteiger partial charge on any atom is 0.306 e. The molecule has 0 aromatic heterocycles. The van der Waals surface area contributed by atoms with Crippen molar-refractivity contribution in [2.24, 2.45) is 34.0 Å². The fourth-order valence-corrected chi connectivity index (χ4v) is 10.5. The van der Waals surface area contributed by atoms with E-state index in [1.807, 2.05) is 19.1 Å². The Morgan fingerprint density at radius 1 is 0.975 bits per heavy atom. The highest BCUT2D eigenvalue weighted by Gasteiger charge is 2.60. The normalized spacial score (nSPS) is 41.3. The zero-order valence-electron chi connectivity index (χ0n) is 24.6. The minimum Gasteiger partial charge on any atom is -0.462 e. The number of ether oxygens (including phenoxy) is 1. The van der Waals surface area contributed by atoms with Crippen LogP contribution in [0.4, 0.5) is 0 Å². The molecule has 7 aliphatic carbocycles. The highest BCUT2D eigenvalue weighted by atomic mass is 16.5. The van der Waals surface area contributed by atoms with Gasteiger partial charge in [0.05, 0.1) is 0 Å². The molecule has 0 aliphatic heterocycles. The molecule has 7 rings (SSSR count). The Kier molecular flexibility index (Phi) is 5.90. The molecule has 7 aliphatic rings. The third-order valence-corrected chi connectivity index (χ3v) is 13.1. The van der Waals surface area contributed by atoms with Crippen LogP contribution >= 0.6 is 0 Å². The minimum atomic E-state index is -0.930. The number of ketones is 2. The van der Waals surface area contributed by atoms with Crippen molar-refractivity contribution in [3.63, 3.8) is 0 Å². The molecule has 7 atom stereocenters. The summed E-state index contributed by atoms with van der Waals surface area (Å²) in [7, 11) is 0. The number of allylic oxidation sites excluding steroid dienone is 5. The van der Waals surface area contributed by atoms with Crippen LogP contribution in [0.2, 0.25) is 0 Å². The Morgan fingerprint density at radius 2 is 1.75 bits per heavy atom. The molecule has 5 heteroatoms. The van der Waals surface area contributed by atoms with Gasteiger partial charge in [-0.1, -0.05) is 25.0 Å². The third-order valence-electron chi connectivity index (χ3n) is 13.1. The average Bonchev–Trinajstić information content (AvgIpc) is 3.57. The zero-order valence-corrected chi connectivity index (χ0v) is 24.6. The molecular weight excluding hydrogens is 500 g/mol. The van der Waals surface area contributed by atoms with Crippen LogP contribution in [0.3, 0.4) is 0 Å². The van der Waals surface area contributed by atoms with Crippen LogP contribution in [0.25, 0.3) is 0 Å². The molecule has 0 saturated heterocycles. The van der Waals surface area contributed by atoms with E-state index < -0.39 is 6.10 Å². The number of hydrogen-bond acceptors (Lipinski definition) is 5. The number of carbonyl (C=O) groups excluding carboxylic acids is 3. The van der Waals surface area contributed by atoms with Crippen molar-refractivity contribution < 1.29 is 24.2 Å². The van der Waals surface area contributed by atoms with E-state index in [9.17, 15) is 19.5 Å². The van der Waals surface area contributed by atoms with E-state index in [4.69, 9.17) is 4.74 Å². The van der Waals surface area contributed by atoms with Gasteiger partial charge in [0.25, 0.3) is 0 Å². The fraction of sp³-hybridized carbons (Fsp3) is 0.686. The number of aliphatic hydroxyl groups excluding tert-OH is 1. The summed E-state index contributed by atoms with van der Waals surface area (Å²) < 4.78 is 6.30. The van der Waals surface area contributed by atoms with Gasteiger partial charge in [0.1, 0.15) is 12.2 Å². The number of fused-ring (bicyclic) bond motifs is 6. The van der Waals surface area contributed by atoms with E-state index in [1.54, 1.807) is 0 Å². The summed E-state index contributed by atoms with van der Waals surface area (Å²) in [6.45, 7) is 8.87. The second-order valence-corrected chi connectivity index (χ2v) is 14.7. The summed E-state index contributed by atoms with van der Waals surface area (Å²) >= 11 is 0. The van der Waals surface area contributed by atoms with E-state index in [2.05, 4.69) is 20.8 Å². The van der Waals surface area contributed by atoms with Gasteiger partial charge in [0.15, 0.2) is 11.6 Å². The molecule has 0 aromatic carbocycles. The first kappa shape index (κ1) is 26.6. The van der Waals surface area contributed by atoms with Crippen molar-refractivity contribution in [2.45, 2.75) is 117 Å². The molecule has 0 aromatic rings. The predicted octanol–water partition coefficient (Wildman–Crippen LogP) is 6.51. The highest BCUT2D eigenvalue weighted by molar-refractivity contribution is 6.08. The summed E-state index contributed by atoms with van der Waals surface area (Å²) in [5.74, 6) is 1.88. The molecular formula is C35H44O5. The standard InChI is InChI=1S/C35H44O5/c1-19-17-25-30(20(2)35(15-16-35)32(39)31(25)38)23(19)7-10-29(37)40-28-9-8-26-24-6-5-21-18-22(36)11-13-33(21,3)27(24)12-14-34(26,28)4/h17-18,24,26-28,32,39H,5-16H2,1-4H3/t24?,26?,27?,28?,32?,33-,34-/m0/s1. The lowest BCUT2D eigenvalue weighted by Crippen LogP contribution is -2.51. The number of hydrogen-bond donors (Lipinski definition) is 1. The second kappa shape index (κ2) is 8.86. The SMILES string of the molecule is CC1=C(CCC(=O)OC2CCC3C4CCC5=CC(=O)CC[C@]5(C)C4CC[C@]23C)C2=C(C)C3(CC3)C(O)C(=O)C2=C1. The Labute approximate surface area is 238 Å². The lowest BCUT2D eigenvalue weighted by molar-refractivity contribution is -0.159. The van der Waals surface area contributed by atoms with Gasteiger partial charge in [0, 0.05) is 29.2 Å². The molecule has 0 heterocycles. The monoisotopic (exact) mass is 544 g/mol. The van der Waals surface area contributed by atoms with Crippen molar-refractivity contribution in [1.29, 1.82) is 0 Å². The Balaban J connectivity index is 1.03. The van der Waals surface area contributed by atoms with E-state index in [0.29, 0.717) is 48.4 Å². The molecule has 1 N–H and O–H groups in total. The van der Waals surface area contributed by atoms with E-state index in [-0.39, 0.29) is 34.1 Å². The first-order chi connectivity index (χ1) is 19.0. The van der Waals surface area contributed by atoms with Crippen LogP contribution in [0, 0.1) is 34.0 Å². The van der Waals surface area contributed by atoms with E-state index in [0.717, 1.165) is 80.1 Å². The number of rotatable bonds is 4. The van der Waals surface area contributed by atoms with Gasteiger partial charge in [-0.15, -0.1) is 0 Å². The molecule has 0 bridgehead atoms. The summed E-state index contributed by atoms with van der Waals surface area (Å²) in [6.07, 6.45) is 13.7. The smallest absolute Gasteiger partial charge is 0.306 e. The van der Waals surface area contributed by atoms with Crippen LogP contribution < -0.4 is 0 Å². The molecule has 4 saturated carbocycles. The number of aliphatic hydroxyl groups is 1. The predicted molar refractivity (Wildman–Crippen MR) is 152 cm³/mol. The Hall–Kier alpha value is -2.27. The lowest BCUT2D eigenvalue weighted by Gasteiger charge is -2.57. The third kappa shape index (κ3) is 3.58. The molecule has 0 radical (unpaired) electrons. The zero-order chi connectivity index (χ0) is 28.2. The van der Waals surface area contributed by atoms with Crippen molar-refractivity contribution in [2.75, 3.05) is 0 Å². The molecule has 5 unspecified atom stereocenters. The maximum absolute atomic E-state index is 13.3. The molecule has 5 nitrogen and oxygen atoms in total. The van der Waals surface area contributed by atoms with Gasteiger partial charge in [-0.2, -0.15) is 0 Å². The minimum absolute atomic E-state index is 0.0273. The van der Waals surface area contributed by atoms with Gasteiger partial charge >= 0.3 is 5.97 Å². The summed E-state index contributed by atoms with van der Waals surface area (Å²) in [4.78, 5) is 38.4. The second-order valence-electron chi connectivity index (χ2n) is 14.7. The summed E-state index contributed by atoms with van der Waals surface area (Å²) in [6, 6.07) is 0. The molecule has 214 valence electrons. The first-order valence-electron chi connectivity index (χ1n) is 15.8. The topological polar surface area (TPSA) is 80.7 Å². The van der Waals surface area contributed by atoms with E-state index in [1.165, 1.54) is 5.57 Å². The van der Waals surface area contributed by atoms with Crippen LogP contribution in [-0.2, 0) is 19.1 Å². The van der Waals surface area contributed by atoms with Crippen LogP contribution in [0.5, 0.6) is 0 Å². The van der Waals surface area contributed by atoms with E-state index >= 15 is 0 Å². The van der Waals surface area contributed by atoms with Gasteiger partial charge < -0.3 is 9.84 Å². The average molecular weight is 545 g/mol. The largest absolute Gasteiger partial charge is 0.462 e. The number of carbonyl (C=O) groups is 3. The first-order valence-corrected chi connectivity index (χ1v) is 15.8. The van der Waals surface area contributed by atoms with Gasteiger partial charge in [-0.25, -0.2) is 0 Å². The van der Waals surface area contributed by atoms with Crippen molar-refractivity contribution >= 4 is 17.5 Å². The molecule has 4 fully saturated rings. The van der Waals surface area contributed by atoms with Crippen LogP contribution in [-0.4, -0.2) is 34.9 Å². The van der Waals surface area contributed by atoms with Crippen molar-refractivity contribution in [1.82, 2.24) is 0 Å². The van der Waals surface area contributed by atoms with Gasteiger partial charge in [-0.05, 0) is 130 Å². The molecule has 40 heavy (non-hydrogen) atoms. The Morgan fingerprint density at radius 3 is 2.50 bits per heavy atom. The highest BCUT2D eigenvalue weighted by Crippen LogP contribution is 2.66. The van der Waals surface area contributed by atoms with Crippen molar-refractivity contribution in [3.05, 3.63) is 45.6 Å². The number of esters is 1. The lowest BCUT2D eigenvalue weighted by atomic mass is 9.47. The summed E-state index contributed by atoms with van der Waals surface area (Å²) in [5, 5.41) is 10.7. The van der Waals surface area contributed by atoms with Crippen LogP contribution in [0.15, 0.2) is 45.6 Å². The summed E-state index contributed by atoms with van der Waals surface area (Å²) in [5.41, 5.74) is 6.07.